The molecule has 1 aliphatic rings. The Balaban J connectivity index is 1.49. The number of nitrogens with zero attached hydrogens (tertiary/aromatic N) is 1. The summed E-state index contributed by atoms with van der Waals surface area (Å²) in [6, 6.07) is 13.8. The molecule has 1 heterocycles. The van der Waals surface area contributed by atoms with Crippen molar-refractivity contribution in [3.63, 3.8) is 0 Å². The summed E-state index contributed by atoms with van der Waals surface area (Å²) in [6.45, 7) is 10.2. The molecule has 5 nitrogen and oxygen atoms in total. The topological polar surface area (TPSA) is 57.0 Å². The number of rotatable bonds is 5. The summed E-state index contributed by atoms with van der Waals surface area (Å²) in [5, 5.41) is 13.1. The van der Waals surface area contributed by atoms with Crippen LogP contribution in [-0.2, 0) is 4.79 Å². The van der Waals surface area contributed by atoms with Crippen LogP contribution in [0.25, 0.3) is 0 Å². The number of piperazine rings is 1. The molecule has 1 fully saturated rings. The van der Waals surface area contributed by atoms with E-state index in [1.54, 1.807) is 6.07 Å². The van der Waals surface area contributed by atoms with Gasteiger partial charge in [0.25, 0.3) is 5.91 Å². The van der Waals surface area contributed by atoms with Crippen molar-refractivity contribution in [3.05, 3.63) is 59.2 Å². The van der Waals surface area contributed by atoms with Crippen molar-refractivity contribution in [1.82, 2.24) is 5.32 Å². The van der Waals surface area contributed by atoms with Gasteiger partial charge in [-0.1, -0.05) is 30.3 Å². The minimum absolute atomic E-state index is 0.0127. The highest BCUT2D eigenvalue weighted by atomic mass is 16.3. The average molecular weight is 369 g/mol. The number of benzene rings is 2. The summed E-state index contributed by atoms with van der Waals surface area (Å²) >= 11 is 0. The predicted octanol–water partition coefficient (Wildman–Crippen LogP) is 1.59. The second-order valence-electron chi connectivity index (χ2n) is 7.54. The SMILES string of the molecule is Cc1ccc([C@H](C)NC(=O)C[NH+]2CCN(c3ccccc3O)CC2)cc1C. The molecule has 1 aliphatic heterocycles. The number of hydrogen-bond acceptors (Lipinski definition) is 3. The summed E-state index contributed by atoms with van der Waals surface area (Å²) in [6.07, 6.45) is 0. The summed E-state index contributed by atoms with van der Waals surface area (Å²) in [5.74, 6) is 0.410. The van der Waals surface area contributed by atoms with Gasteiger partial charge in [0, 0.05) is 0 Å². The van der Waals surface area contributed by atoms with E-state index in [4.69, 9.17) is 0 Å². The van der Waals surface area contributed by atoms with Crippen LogP contribution in [0, 0.1) is 13.8 Å². The first-order chi connectivity index (χ1) is 12.9. The molecule has 0 aromatic heterocycles. The van der Waals surface area contributed by atoms with E-state index < -0.39 is 0 Å². The first-order valence-electron chi connectivity index (χ1n) is 9.67. The Hall–Kier alpha value is -2.53. The summed E-state index contributed by atoms with van der Waals surface area (Å²) in [7, 11) is 0. The van der Waals surface area contributed by atoms with Crippen molar-refractivity contribution >= 4 is 11.6 Å². The van der Waals surface area contributed by atoms with Crippen LogP contribution in [0.2, 0.25) is 0 Å². The average Bonchev–Trinajstić information content (AvgIpc) is 2.65. The molecule has 0 aliphatic carbocycles. The third kappa shape index (κ3) is 4.80. The smallest absolute Gasteiger partial charge is 0.275 e. The van der Waals surface area contributed by atoms with Gasteiger partial charge in [0.15, 0.2) is 6.54 Å². The normalized spacial score (nSPS) is 16.2. The molecule has 1 saturated heterocycles. The number of carbonyl (C=O) groups is 1. The lowest BCUT2D eigenvalue weighted by Gasteiger charge is -2.33. The lowest BCUT2D eigenvalue weighted by molar-refractivity contribution is -0.892. The Bertz CT molecular complexity index is 798. The van der Waals surface area contributed by atoms with Crippen molar-refractivity contribution in [3.8, 4) is 5.75 Å². The molecule has 1 amide bonds. The zero-order valence-corrected chi connectivity index (χ0v) is 16.5. The van der Waals surface area contributed by atoms with Gasteiger partial charge in [0.2, 0.25) is 0 Å². The molecule has 2 aromatic rings. The molecule has 144 valence electrons. The highest BCUT2D eigenvalue weighted by Crippen LogP contribution is 2.26. The lowest BCUT2D eigenvalue weighted by atomic mass is 10.0. The van der Waals surface area contributed by atoms with Gasteiger partial charge in [-0.3, -0.25) is 4.79 Å². The van der Waals surface area contributed by atoms with Gasteiger partial charge in [0.1, 0.15) is 5.75 Å². The van der Waals surface area contributed by atoms with Crippen LogP contribution >= 0.6 is 0 Å². The number of aromatic hydroxyl groups is 1. The van der Waals surface area contributed by atoms with E-state index in [1.807, 2.05) is 25.1 Å². The standard InChI is InChI=1S/C22H29N3O2/c1-16-8-9-19(14-17(16)2)18(3)23-22(27)15-24-10-12-25(13-11-24)20-6-4-5-7-21(20)26/h4-9,14,18,26H,10-13,15H2,1-3H3,(H,23,27)/p+1/t18-/m0/s1. The molecule has 5 heteroatoms. The van der Waals surface area contributed by atoms with E-state index in [-0.39, 0.29) is 11.9 Å². The molecule has 0 saturated carbocycles. The number of anilines is 1. The fraction of sp³-hybridized carbons (Fsp3) is 0.409. The Morgan fingerprint density at radius 2 is 1.85 bits per heavy atom. The fourth-order valence-electron chi connectivity index (χ4n) is 3.61. The minimum Gasteiger partial charge on any atom is -0.506 e. The van der Waals surface area contributed by atoms with Gasteiger partial charge in [-0.25, -0.2) is 0 Å². The van der Waals surface area contributed by atoms with Gasteiger partial charge in [-0.15, -0.1) is 0 Å². The third-order valence-electron chi connectivity index (χ3n) is 5.51. The molecular formula is C22H30N3O2+. The molecule has 27 heavy (non-hydrogen) atoms. The van der Waals surface area contributed by atoms with Crippen molar-refractivity contribution in [2.24, 2.45) is 0 Å². The molecule has 0 bridgehead atoms. The molecule has 0 unspecified atom stereocenters. The maximum Gasteiger partial charge on any atom is 0.275 e. The van der Waals surface area contributed by atoms with Crippen LogP contribution in [0.5, 0.6) is 5.75 Å². The van der Waals surface area contributed by atoms with E-state index in [2.05, 4.69) is 42.3 Å². The Morgan fingerprint density at radius 3 is 2.52 bits per heavy atom. The molecule has 1 atom stereocenters. The van der Waals surface area contributed by atoms with Crippen molar-refractivity contribution < 1.29 is 14.8 Å². The van der Waals surface area contributed by atoms with Crippen LogP contribution in [0.1, 0.15) is 29.7 Å². The number of nitrogens with one attached hydrogen (secondary N) is 2. The van der Waals surface area contributed by atoms with E-state index in [0.29, 0.717) is 12.3 Å². The lowest BCUT2D eigenvalue weighted by Crippen LogP contribution is -3.15. The fourth-order valence-corrected chi connectivity index (χ4v) is 3.61. The summed E-state index contributed by atoms with van der Waals surface area (Å²) in [5.41, 5.74) is 4.54. The number of hydrogen-bond donors (Lipinski definition) is 3. The zero-order valence-electron chi connectivity index (χ0n) is 16.5. The number of carbonyl (C=O) groups excluding carboxylic acids is 1. The number of amides is 1. The third-order valence-corrected chi connectivity index (χ3v) is 5.51. The second-order valence-corrected chi connectivity index (χ2v) is 7.54. The minimum atomic E-state index is 0.0127. The van der Waals surface area contributed by atoms with Crippen molar-refractivity contribution in [2.45, 2.75) is 26.8 Å². The van der Waals surface area contributed by atoms with E-state index in [1.165, 1.54) is 16.0 Å². The molecule has 0 spiro atoms. The number of para-hydroxylation sites is 2. The first kappa shape index (κ1) is 19.2. The molecule has 3 rings (SSSR count). The Morgan fingerprint density at radius 1 is 1.15 bits per heavy atom. The highest BCUT2D eigenvalue weighted by Gasteiger charge is 2.24. The number of quaternary nitrogens is 1. The van der Waals surface area contributed by atoms with Gasteiger partial charge < -0.3 is 20.2 Å². The van der Waals surface area contributed by atoms with Crippen LogP contribution in [-0.4, -0.2) is 43.7 Å². The Kier molecular flexibility index (Phi) is 6.01. The monoisotopic (exact) mass is 368 g/mol. The van der Waals surface area contributed by atoms with Gasteiger partial charge >= 0.3 is 0 Å². The second kappa shape index (κ2) is 8.44. The van der Waals surface area contributed by atoms with Gasteiger partial charge in [-0.2, -0.15) is 0 Å². The van der Waals surface area contributed by atoms with E-state index in [0.717, 1.165) is 37.4 Å². The Labute approximate surface area is 161 Å². The number of phenolic OH excluding ortho intramolecular Hbond substituents is 1. The predicted molar refractivity (Wildman–Crippen MR) is 108 cm³/mol. The summed E-state index contributed by atoms with van der Waals surface area (Å²) < 4.78 is 0. The van der Waals surface area contributed by atoms with E-state index in [9.17, 15) is 9.90 Å². The van der Waals surface area contributed by atoms with E-state index >= 15 is 0 Å². The maximum absolute atomic E-state index is 12.5. The van der Waals surface area contributed by atoms with Crippen LogP contribution in [0.4, 0.5) is 5.69 Å². The molecule has 3 N–H and O–H groups in total. The quantitative estimate of drug-likeness (QED) is 0.751. The number of aryl methyl sites for hydroxylation is 2. The summed E-state index contributed by atoms with van der Waals surface area (Å²) in [4.78, 5) is 15.9. The van der Waals surface area contributed by atoms with Gasteiger partial charge in [0.05, 0.1) is 37.9 Å². The number of phenols is 1. The van der Waals surface area contributed by atoms with Crippen molar-refractivity contribution in [2.75, 3.05) is 37.6 Å². The van der Waals surface area contributed by atoms with Crippen LogP contribution < -0.4 is 15.1 Å². The zero-order chi connectivity index (χ0) is 19.4. The molecule has 0 radical (unpaired) electrons. The van der Waals surface area contributed by atoms with Gasteiger partial charge in [-0.05, 0) is 49.6 Å². The molecule has 2 aromatic carbocycles. The van der Waals surface area contributed by atoms with Crippen LogP contribution in [0.3, 0.4) is 0 Å². The largest absolute Gasteiger partial charge is 0.506 e. The highest BCUT2D eigenvalue weighted by molar-refractivity contribution is 5.77. The maximum atomic E-state index is 12.5. The first-order valence-corrected chi connectivity index (χ1v) is 9.67. The van der Waals surface area contributed by atoms with Crippen molar-refractivity contribution in [1.29, 1.82) is 0 Å². The van der Waals surface area contributed by atoms with Crippen LogP contribution in [0.15, 0.2) is 42.5 Å². The molecular weight excluding hydrogens is 338 g/mol.